The standard InChI is InChI=1S/C71H138O17P2/c1-6-9-12-15-18-21-24-25-26-27-28-29-30-31-32-34-37-40-47-52-57-71(76)87-66(60-81-68(73)54-49-44-38-36-33-22-19-16-13-10-7-2)62-85-89(77,78)83-58-65(72)59-84-90(79,80)86-63-67(61-82-69(74)55-50-45-42-41-43-48-53-64(4)5)88-70(75)56-51-46-39-35-23-20-17-14-11-8-3/h64-67,72H,6-63H2,1-5H3,(H,77,78)(H,79,80)/t65-,66-,67-/m1/s1. The van der Waals surface area contributed by atoms with Crippen LogP contribution in [0.25, 0.3) is 0 Å². The van der Waals surface area contributed by atoms with Crippen molar-refractivity contribution in [3.05, 3.63) is 0 Å². The maximum Gasteiger partial charge on any atom is 0.472 e. The molecule has 0 bridgehead atoms. The molecule has 0 saturated heterocycles. The Labute approximate surface area is 549 Å². The molecule has 19 heteroatoms. The molecule has 534 valence electrons. The average molecular weight is 1330 g/mol. The Morgan fingerprint density at radius 1 is 0.300 bits per heavy atom. The number of phosphoric acid groups is 2. The van der Waals surface area contributed by atoms with E-state index in [-0.39, 0.29) is 25.7 Å². The predicted molar refractivity (Wildman–Crippen MR) is 363 cm³/mol. The molecule has 0 heterocycles. The van der Waals surface area contributed by atoms with Gasteiger partial charge in [0.2, 0.25) is 0 Å². The molecule has 5 atom stereocenters. The van der Waals surface area contributed by atoms with Gasteiger partial charge in [0.15, 0.2) is 12.2 Å². The van der Waals surface area contributed by atoms with E-state index < -0.39 is 97.5 Å². The molecule has 3 N–H and O–H groups in total. The molecule has 0 saturated carbocycles. The van der Waals surface area contributed by atoms with Gasteiger partial charge in [0, 0.05) is 25.7 Å². The highest BCUT2D eigenvalue weighted by Gasteiger charge is 2.30. The summed E-state index contributed by atoms with van der Waals surface area (Å²) in [4.78, 5) is 72.4. The van der Waals surface area contributed by atoms with Crippen LogP contribution >= 0.6 is 15.6 Å². The smallest absolute Gasteiger partial charge is 0.462 e. The molecule has 0 aliphatic heterocycles. The van der Waals surface area contributed by atoms with E-state index in [1.54, 1.807) is 0 Å². The van der Waals surface area contributed by atoms with Crippen molar-refractivity contribution in [3.8, 4) is 0 Å². The van der Waals surface area contributed by atoms with Gasteiger partial charge in [-0.15, -0.1) is 0 Å². The number of hydrogen-bond acceptors (Lipinski definition) is 15. The highest BCUT2D eigenvalue weighted by molar-refractivity contribution is 7.47. The number of unbranched alkanes of at least 4 members (excludes halogenated alkanes) is 43. The summed E-state index contributed by atoms with van der Waals surface area (Å²) in [5.74, 6) is -1.44. The first-order valence-corrected chi connectivity index (χ1v) is 40.1. The van der Waals surface area contributed by atoms with Crippen molar-refractivity contribution in [2.45, 2.75) is 387 Å². The Bertz CT molecular complexity index is 1740. The number of carbonyl (C=O) groups is 4. The molecule has 0 aromatic heterocycles. The van der Waals surface area contributed by atoms with Gasteiger partial charge in [-0.1, -0.05) is 317 Å². The first-order chi connectivity index (χ1) is 43.5. The van der Waals surface area contributed by atoms with Crippen LogP contribution in [0.15, 0.2) is 0 Å². The molecule has 17 nitrogen and oxygen atoms in total. The SMILES string of the molecule is CCCCCCCCCCCCCCCCCCCCCCC(=O)O[C@H](COC(=O)CCCCCCCCCCCCC)COP(=O)(O)OC[C@@H](O)COP(=O)(O)OC[C@@H](COC(=O)CCCCCCCCC(C)C)OC(=O)CCCCCCCCCCCC. The monoisotopic (exact) mass is 1320 g/mol. The Morgan fingerprint density at radius 3 is 0.756 bits per heavy atom. The topological polar surface area (TPSA) is 237 Å². The predicted octanol–water partition coefficient (Wildman–Crippen LogP) is 20.5. The van der Waals surface area contributed by atoms with Crippen LogP contribution in [-0.4, -0.2) is 96.7 Å². The second-order valence-electron chi connectivity index (χ2n) is 26.1. The van der Waals surface area contributed by atoms with Gasteiger partial charge in [-0.25, -0.2) is 9.13 Å². The van der Waals surface area contributed by atoms with Gasteiger partial charge in [0.25, 0.3) is 0 Å². The lowest BCUT2D eigenvalue weighted by Gasteiger charge is -2.21. The van der Waals surface area contributed by atoms with Crippen molar-refractivity contribution in [1.82, 2.24) is 0 Å². The molecule has 0 rings (SSSR count). The van der Waals surface area contributed by atoms with Gasteiger partial charge in [-0.3, -0.25) is 37.3 Å². The molecule has 0 amide bonds. The zero-order chi connectivity index (χ0) is 66.3. The first-order valence-electron chi connectivity index (χ1n) is 37.1. The van der Waals surface area contributed by atoms with Crippen molar-refractivity contribution < 1.29 is 80.2 Å². The summed E-state index contributed by atoms with van der Waals surface area (Å²) in [5.41, 5.74) is 0. The van der Waals surface area contributed by atoms with E-state index in [1.807, 2.05) is 0 Å². The van der Waals surface area contributed by atoms with Gasteiger partial charge >= 0.3 is 39.5 Å². The van der Waals surface area contributed by atoms with E-state index in [0.29, 0.717) is 31.6 Å². The molecular weight excluding hydrogens is 1190 g/mol. The van der Waals surface area contributed by atoms with E-state index >= 15 is 0 Å². The molecule has 0 aromatic carbocycles. The second kappa shape index (κ2) is 64.4. The quantitative estimate of drug-likeness (QED) is 0.0222. The Hall–Kier alpha value is -1.94. The third-order valence-corrected chi connectivity index (χ3v) is 18.4. The minimum Gasteiger partial charge on any atom is -0.462 e. The number of aliphatic hydroxyl groups is 1. The average Bonchev–Trinajstić information content (AvgIpc) is 3.68. The zero-order valence-electron chi connectivity index (χ0n) is 58.3. The summed E-state index contributed by atoms with van der Waals surface area (Å²) in [6.45, 7) is 7.15. The van der Waals surface area contributed by atoms with E-state index in [9.17, 15) is 43.2 Å². The maximum atomic E-state index is 13.0. The van der Waals surface area contributed by atoms with E-state index in [0.717, 1.165) is 96.3 Å². The van der Waals surface area contributed by atoms with Crippen LogP contribution in [0, 0.1) is 5.92 Å². The van der Waals surface area contributed by atoms with Gasteiger partial charge in [0.1, 0.15) is 19.3 Å². The van der Waals surface area contributed by atoms with Crippen molar-refractivity contribution >= 4 is 39.5 Å². The van der Waals surface area contributed by atoms with Crippen LogP contribution in [0.3, 0.4) is 0 Å². The lowest BCUT2D eigenvalue weighted by molar-refractivity contribution is -0.161. The minimum absolute atomic E-state index is 0.106. The molecule has 90 heavy (non-hydrogen) atoms. The van der Waals surface area contributed by atoms with Crippen molar-refractivity contribution in [3.63, 3.8) is 0 Å². The molecule has 0 aliphatic carbocycles. The molecule has 0 aromatic rings. The zero-order valence-corrected chi connectivity index (χ0v) is 60.1. The largest absolute Gasteiger partial charge is 0.472 e. The molecule has 0 aliphatic rings. The molecule has 2 unspecified atom stereocenters. The van der Waals surface area contributed by atoms with Crippen molar-refractivity contribution in [2.75, 3.05) is 39.6 Å². The molecule has 0 radical (unpaired) electrons. The van der Waals surface area contributed by atoms with Gasteiger partial charge < -0.3 is 33.8 Å². The van der Waals surface area contributed by atoms with Gasteiger partial charge in [-0.05, 0) is 31.6 Å². The Balaban J connectivity index is 5.16. The molecule has 0 fully saturated rings. The number of phosphoric ester groups is 2. The minimum atomic E-state index is -4.95. The van der Waals surface area contributed by atoms with Gasteiger partial charge in [-0.2, -0.15) is 0 Å². The normalized spacial score (nSPS) is 14.1. The van der Waals surface area contributed by atoms with Crippen LogP contribution in [0.4, 0.5) is 0 Å². The number of hydrogen-bond donors (Lipinski definition) is 3. The lowest BCUT2D eigenvalue weighted by Crippen LogP contribution is -2.30. The van der Waals surface area contributed by atoms with E-state index in [2.05, 4.69) is 34.6 Å². The highest BCUT2D eigenvalue weighted by atomic mass is 31.2. The van der Waals surface area contributed by atoms with Crippen LogP contribution in [0.5, 0.6) is 0 Å². The van der Waals surface area contributed by atoms with Crippen LogP contribution < -0.4 is 0 Å². The van der Waals surface area contributed by atoms with Crippen LogP contribution in [0.2, 0.25) is 0 Å². The summed E-state index contributed by atoms with van der Waals surface area (Å²) in [6.07, 6.45) is 51.6. The van der Waals surface area contributed by atoms with Crippen molar-refractivity contribution in [2.24, 2.45) is 5.92 Å². The summed E-state index contributed by atoms with van der Waals surface area (Å²) >= 11 is 0. The number of esters is 4. The van der Waals surface area contributed by atoms with Crippen molar-refractivity contribution in [1.29, 1.82) is 0 Å². The molecule has 0 spiro atoms. The summed E-state index contributed by atoms with van der Waals surface area (Å²) in [7, 11) is -9.90. The number of ether oxygens (including phenoxy) is 4. The highest BCUT2D eigenvalue weighted by Crippen LogP contribution is 2.45. The number of aliphatic hydroxyl groups excluding tert-OH is 1. The summed E-state index contributed by atoms with van der Waals surface area (Å²) in [5, 5.41) is 10.6. The number of carbonyl (C=O) groups excluding carboxylic acids is 4. The Morgan fingerprint density at radius 2 is 0.511 bits per heavy atom. The van der Waals surface area contributed by atoms with Crippen LogP contribution in [-0.2, 0) is 65.4 Å². The maximum absolute atomic E-state index is 13.0. The number of rotatable bonds is 71. The van der Waals surface area contributed by atoms with E-state index in [4.69, 9.17) is 37.0 Å². The fourth-order valence-corrected chi connectivity index (χ4v) is 12.4. The Kier molecular flexibility index (Phi) is 63.0. The third-order valence-electron chi connectivity index (χ3n) is 16.5. The first kappa shape index (κ1) is 88.1. The summed E-state index contributed by atoms with van der Waals surface area (Å²) < 4.78 is 68.2. The summed E-state index contributed by atoms with van der Waals surface area (Å²) in [6, 6.07) is 0. The van der Waals surface area contributed by atoms with Crippen LogP contribution in [0.1, 0.15) is 369 Å². The molecular formula is C71H138O17P2. The third kappa shape index (κ3) is 64.8. The fraction of sp³-hybridized carbons (Fsp3) is 0.944. The fourth-order valence-electron chi connectivity index (χ4n) is 10.8. The lowest BCUT2D eigenvalue weighted by atomic mass is 10.0. The van der Waals surface area contributed by atoms with E-state index in [1.165, 1.54) is 186 Å². The van der Waals surface area contributed by atoms with Gasteiger partial charge in [0.05, 0.1) is 26.4 Å². The second-order valence-corrected chi connectivity index (χ2v) is 29.0.